The van der Waals surface area contributed by atoms with Crippen molar-refractivity contribution in [2.24, 2.45) is 0 Å². The summed E-state index contributed by atoms with van der Waals surface area (Å²) in [4.78, 5) is 11.9. The zero-order chi connectivity index (χ0) is 23.1. The summed E-state index contributed by atoms with van der Waals surface area (Å²) in [5.74, 6) is 2.81. The average Bonchev–Trinajstić information content (AvgIpc) is 3.46. The van der Waals surface area contributed by atoms with Crippen molar-refractivity contribution < 1.29 is 4.74 Å². The maximum absolute atomic E-state index is 6.22. The van der Waals surface area contributed by atoms with Crippen LogP contribution in [0.15, 0.2) is 42.5 Å². The van der Waals surface area contributed by atoms with E-state index in [-0.39, 0.29) is 0 Å². The highest BCUT2D eigenvalue weighted by atomic mass is 35.5. The van der Waals surface area contributed by atoms with Gasteiger partial charge in [0.25, 0.3) is 0 Å². The maximum atomic E-state index is 6.22. The standard InChI is InChI=1S/C25H26ClN7O/c1-34-18-5-2-15(3-6-18)14-33-11-9-21-22-23(32-31-21)29-25(30-24(22)33)27-10-8-16-13-28-20-7-4-17(26)12-19(16)20/h2-7,12,16,28H,8-11,13-14H2,1H3,(H2,27,29,30,31,32). The van der Waals surface area contributed by atoms with Crippen molar-refractivity contribution in [1.82, 2.24) is 20.2 Å². The van der Waals surface area contributed by atoms with E-state index in [9.17, 15) is 0 Å². The summed E-state index contributed by atoms with van der Waals surface area (Å²) >= 11 is 6.22. The van der Waals surface area contributed by atoms with Crippen molar-refractivity contribution in [1.29, 1.82) is 0 Å². The minimum absolute atomic E-state index is 0.409. The smallest absolute Gasteiger partial charge is 0.226 e. The van der Waals surface area contributed by atoms with Gasteiger partial charge in [0.2, 0.25) is 5.95 Å². The number of aromatic amines is 1. The van der Waals surface area contributed by atoms with Crippen molar-refractivity contribution in [2.45, 2.75) is 25.3 Å². The lowest BCUT2D eigenvalue weighted by molar-refractivity contribution is 0.414. The molecular formula is C25H26ClN7O. The van der Waals surface area contributed by atoms with Gasteiger partial charge < -0.3 is 20.3 Å². The van der Waals surface area contributed by atoms with Gasteiger partial charge in [-0.3, -0.25) is 5.10 Å². The van der Waals surface area contributed by atoms with Crippen LogP contribution in [0.3, 0.4) is 0 Å². The molecule has 2 aromatic carbocycles. The van der Waals surface area contributed by atoms with E-state index < -0.39 is 0 Å². The van der Waals surface area contributed by atoms with E-state index in [1.807, 2.05) is 18.2 Å². The van der Waals surface area contributed by atoms with Crippen molar-refractivity contribution in [3.63, 3.8) is 0 Å². The number of rotatable bonds is 7. The van der Waals surface area contributed by atoms with Crippen LogP contribution in [-0.4, -0.2) is 46.9 Å². The normalized spacial score (nSPS) is 16.4. The number of hydrogen-bond acceptors (Lipinski definition) is 7. The third-order valence-electron chi connectivity index (χ3n) is 6.70. The molecule has 2 aromatic heterocycles. The Balaban J connectivity index is 1.20. The molecule has 4 heterocycles. The molecule has 3 N–H and O–H groups in total. The lowest BCUT2D eigenvalue weighted by Crippen LogP contribution is -2.29. The molecule has 0 fully saturated rings. The molecule has 9 heteroatoms. The number of fused-ring (bicyclic) bond motifs is 1. The second-order valence-electron chi connectivity index (χ2n) is 8.82. The molecule has 34 heavy (non-hydrogen) atoms. The molecule has 6 rings (SSSR count). The number of nitrogens with one attached hydrogen (secondary N) is 3. The van der Waals surface area contributed by atoms with Crippen LogP contribution in [0.2, 0.25) is 5.02 Å². The van der Waals surface area contributed by atoms with Gasteiger partial charge >= 0.3 is 0 Å². The first kappa shape index (κ1) is 21.0. The number of halogens is 1. The molecule has 1 atom stereocenters. The Labute approximate surface area is 202 Å². The Morgan fingerprint density at radius 1 is 1.18 bits per heavy atom. The number of H-pyrrole nitrogens is 1. The fourth-order valence-electron chi connectivity index (χ4n) is 4.90. The van der Waals surface area contributed by atoms with Crippen molar-refractivity contribution in [3.05, 3.63) is 64.3 Å². The van der Waals surface area contributed by atoms with Gasteiger partial charge in [-0.05, 0) is 47.9 Å². The molecule has 0 bridgehead atoms. The molecular weight excluding hydrogens is 450 g/mol. The number of methoxy groups -OCH3 is 1. The van der Waals surface area contributed by atoms with Gasteiger partial charge in [-0.25, -0.2) is 0 Å². The van der Waals surface area contributed by atoms with Crippen molar-refractivity contribution in [2.75, 3.05) is 42.3 Å². The van der Waals surface area contributed by atoms with Crippen LogP contribution < -0.4 is 20.3 Å². The third-order valence-corrected chi connectivity index (χ3v) is 6.94. The molecule has 0 aliphatic carbocycles. The SMILES string of the molecule is COc1ccc(CN2CCc3[nH]nc4nc(NCCC5CNc6ccc(Cl)cc65)nc2c34)cc1. The van der Waals surface area contributed by atoms with Crippen LogP contribution in [0, 0.1) is 0 Å². The highest BCUT2D eigenvalue weighted by molar-refractivity contribution is 6.30. The van der Waals surface area contributed by atoms with Gasteiger partial charge in [0.05, 0.1) is 18.2 Å². The molecule has 4 aromatic rings. The second-order valence-corrected chi connectivity index (χ2v) is 9.25. The summed E-state index contributed by atoms with van der Waals surface area (Å²) in [6.45, 7) is 3.32. The molecule has 174 valence electrons. The van der Waals surface area contributed by atoms with E-state index in [4.69, 9.17) is 21.3 Å². The van der Waals surface area contributed by atoms with E-state index in [0.717, 1.165) is 66.7 Å². The fourth-order valence-corrected chi connectivity index (χ4v) is 5.08. The van der Waals surface area contributed by atoms with E-state index in [1.54, 1.807) is 7.11 Å². The molecule has 0 saturated carbocycles. The predicted octanol–water partition coefficient (Wildman–Crippen LogP) is 4.59. The largest absolute Gasteiger partial charge is 0.497 e. The first-order valence-electron chi connectivity index (χ1n) is 11.6. The summed E-state index contributed by atoms with van der Waals surface area (Å²) in [5, 5.41) is 16.3. The van der Waals surface area contributed by atoms with Crippen molar-refractivity contribution in [3.8, 4) is 5.75 Å². The summed E-state index contributed by atoms with van der Waals surface area (Å²) < 4.78 is 5.29. The van der Waals surface area contributed by atoms with Gasteiger partial charge in [-0.2, -0.15) is 15.1 Å². The Kier molecular flexibility index (Phi) is 5.37. The van der Waals surface area contributed by atoms with E-state index in [0.29, 0.717) is 17.5 Å². The number of ether oxygens (including phenoxy) is 1. The lowest BCUT2D eigenvalue weighted by atomic mass is 9.98. The van der Waals surface area contributed by atoms with Gasteiger partial charge in [-0.1, -0.05) is 23.7 Å². The van der Waals surface area contributed by atoms with Crippen LogP contribution in [0.5, 0.6) is 5.75 Å². The van der Waals surface area contributed by atoms with E-state index >= 15 is 0 Å². The average molecular weight is 476 g/mol. The minimum Gasteiger partial charge on any atom is -0.497 e. The minimum atomic E-state index is 0.409. The van der Waals surface area contributed by atoms with Gasteiger partial charge in [0.15, 0.2) is 5.65 Å². The van der Waals surface area contributed by atoms with Crippen LogP contribution in [0.1, 0.15) is 29.2 Å². The molecule has 1 unspecified atom stereocenters. The van der Waals surface area contributed by atoms with Crippen LogP contribution in [0.25, 0.3) is 11.0 Å². The Morgan fingerprint density at radius 3 is 2.91 bits per heavy atom. The van der Waals surface area contributed by atoms with Gasteiger partial charge in [0, 0.05) is 49.2 Å². The Morgan fingerprint density at radius 2 is 2.06 bits per heavy atom. The van der Waals surface area contributed by atoms with Crippen LogP contribution in [0.4, 0.5) is 17.5 Å². The maximum Gasteiger partial charge on any atom is 0.226 e. The molecule has 2 aliphatic heterocycles. The highest BCUT2D eigenvalue weighted by Crippen LogP contribution is 2.36. The number of anilines is 3. The van der Waals surface area contributed by atoms with Crippen LogP contribution >= 0.6 is 11.6 Å². The number of aromatic nitrogens is 4. The molecule has 0 amide bonds. The van der Waals surface area contributed by atoms with Crippen LogP contribution in [-0.2, 0) is 13.0 Å². The monoisotopic (exact) mass is 475 g/mol. The lowest BCUT2D eigenvalue weighted by Gasteiger charge is -2.28. The van der Waals surface area contributed by atoms with Gasteiger partial charge in [0.1, 0.15) is 11.6 Å². The summed E-state index contributed by atoms with van der Waals surface area (Å²) in [6, 6.07) is 14.2. The molecule has 0 radical (unpaired) electrons. The predicted molar refractivity (Wildman–Crippen MR) is 135 cm³/mol. The summed E-state index contributed by atoms with van der Waals surface area (Å²) in [6.07, 6.45) is 1.85. The number of benzene rings is 2. The topological polar surface area (TPSA) is 91.0 Å². The zero-order valence-corrected chi connectivity index (χ0v) is 19.7. The number of nitrogens with zero attached hydrogens (tertiary/aromatic N) is 4. The second kappa shape index (κ2) is 8.68. The number of hydrogen-bond donors (Lipinski definition) is 3. The Hall–Kier alpha value is -3.52. The first-order chi connectivity index (χ1) is 16.7. The molecule has 2 aliphatic rings. The molecule has 0 saturated heterocycles. The Bertz CT molecular complexity index is 1340. The summed E-state index contributed by atoms with van der Waals surface area (Å²) in [5.41, 5.74) is 5.48. The highest BCUT2D eigenvalue weighted by Gasteiger charge is 2.25. The zero-order valence-electron chi connectivity index (χ0n) is 18.9. The molecule has 0 spiro atoms. The van der Waals surface area contributed by atoms with E-state index in [2.05, 4.69) is 55.0 Å². The quantitative estimate of drug-likeness (QED) is 0.360. The fraction of sp³-hybridized carbons (Fsp3) is 0.320. The first-order valence-corrected chi connectivity index (χ1v) is 12.0. The van der Waals surface area contributed by atoms with Crippen molar-refractivity contribution >= 4 is 40.1 Å². The van der Waals surface area contributed by atoms with E-state index in [1.165, 1.54) is 16.8 Å². The summed E-state index contributed by atoms with van der Waals surface area (Å²) in [7, 11) is 1.68. The van der Waals surface area contributed by atoms with Gasteiger partial charge in [-0.15, -0.1) is 0 Å². The molecule has 8 nitrogen and oxygen atoms in total. The third kappa shape index (κ3) is 3.88.